The van der Waals surface area contributed by atoms with Crippen molar-refractivity contribution in [2.45, 2.75) is 13.0 Å². The molecule has 2 heterocycles. The Labute approximate surface area is 93.8 Å². The molecule has 0 amide bonds. The van der Waals surface area contributed by atoms with E-state index in [1.807, 2.05) is 25.0 Å². The average Bonchev–Trinajstić information content (AvgIpc) is 2.79. The Bertz CT molecular complexity index is 444. The van der Waals surface area contributed by atoms with Gasteiger partial charge in [0.25, 0.3) is 0 Å². The predicted octanol–water partition coefficient (Wildman–Crippen LogP) is 2.10. The van der Waals surface area contributed by atoms with Crippen LogP contribution < -0.4 is 5.32 Å². The predicted molar refractivity (Wildman–Crippen MR) is 63.2 cm³/mol. The van der Waals surface area contributed by atoms with Crippen molar-refractivity contribution in [3.63, 3.8) is 0 Å². The second kappa shape index (κ2) is 4.16. The summed E-state index contributed by atoms with van der Waals surface area (Å²) in [6, 6.07) is 2.36. The van der Waals surface area contributed by atoms with Gasteiger partial charge in [-0.05, 0) is 31.0 Å². The molecular formula is C11H15N3S. The Hall–Kier alpha value is -1.13. The van der Waals surface area contributed by atoms with Gasteiger partial charge in [0.2, 0.25) is 0 Å². The highest BCUT2D eigenvalue weighted by atomic mass is 32.1. The van der Waals surface area contributed by atoms with Crippen molar-refractivity contribution >= 4 is 11.3 Å². The molecule has 1 atom stereocenters. The summed E-state index contributed by atoms with van der Waals surface area (Å²) in [5, 5.41) is 5.43. The van der Waals surface area contributed by atoms with Gasteiger partial charge >= 0.3 is 0 Å². The van der Waals surface area contributed by atoms with E-state index in [2.05, 4.69) is 34.9 Å². The normalized spacial score (nSPS) is 13.0. The van der Waals surface area contributed by atoms with E-state index in [0.717, 1.165) is 5.69 Å². The largest absolute Gasteiger partial charge is 0.340 e. The van der Waals surface area contributed by atoms with Crippen LogP contribution in [-0.2, 0) is 7.05 Å². The monoisotopic (exact) mass is 221 g/mol. The highest BCUT2D eigenvalue weighted by Crippen LogP contribution is 2.27. The minimum Gasteiger partial charge on any atom is -0.340 e. The fourth-order valence-electron chi connectivity index (χ4n) is 1.68. The maximum atomic E-state index is 4.39. The molecule has 2 rings (SSSR count). The van der Waals surface area contributed by atoms with Crippen LogP contribution in [0, 0.1) is 6.92 Å². The molecule has 0 saturated heterocycles. The van der Waals surface area contributed by atoms with Crippen molar-refractivity contribution in [1.82, 2.24) is 14.9 Å². The van der Waals surface area contributed by atoms with Crippen LogP contribution in [0.4, 0.5) is 0 Å². The molecule has 0 saturated carbocycles. The molecule has 0 spiro atoms. The second-order valence-corrected chi connectivity index (χ2v) is 4.60. The SMILES string of the molecule is CNC(c1cn(C)cn1)c1sccc1C. The van der Waals surface area contributed by atoms with Crippen molar-refractivity contribution in [1.29, 1.82) is 0 Å². The van der Waals surface area contributed by atoms with Crippen molar-refractivity contribution in [3.05, 3.63) is 40.1 Å². The number of nitrogens with zero attached hydrogens (tertiary/aromatic N) is 2. The van der Waals surface area contributed by atoms with Crippen molar-refractivity contribution in [2.75, 3.05) is 7.05 Å². The minimum absolute atomic E-state index is 0.214. The summed E-state index contributed by atoms with van der Waals surface area (Å²) < 4.78 is 1.97. The van der Waals surface area contributed by atoms with Crippen molar-refractivity contribution in [3.8, 4) is 0 Å². The molecule has 2 aromatic rings. The molecule has 2 aromatic heterocycles. The summed E-state index contributed by atoms with van der Waals surface area (Å²) in [5.74, 6) is 0. The molecule has 0 aromatic carbocycles. The number of nitrogens with one attached hydrogen (secondary N) is 1. The number of hydrogen-bond acceptors (Lipinski definition) is 3. The maximum Gasteiger partial charge on any atom is 0.0947 e. The maximum absolute atomic E-state index is 4.39. The highest BCUT2D eigenvalue weighted by molar-refractivity contribution is 7.10. The van der Waals surface area contributed by atoms with Gasteiger partial charge in [-0.3, -0.25) is 0 Å². The van der Waals surface area contributed by atoms with Gasteiger partial charge in [0.1, 0.15) is 0 Å². The van der Waals surface area contributed by atoms with Gasteiger partial charge in [-0.1, -0.05) is 0 Å². The molecule has 80 valence electrons. The Morgan fingerprint density at radius 3 is 2.80 bits per heavy atom. The first kappa shape index (κ1) is 10.4. The lowest BCUT2D eigenvalue weighted by molar-refractivity contribution is 0.682. The molecule has 0 fully saturated rings. The van der Waals surface area contributed by atoms with E-state index < -0.39 is 0 Å². The highest BCUT2D eigenvalue weighted by Gasteiger charge is 2.17. The fourth-order valence-corrected chi connectivity index (χ4v) is 2.72. The van der Waals surface area contributed by atoms with E-state index >= 15 is 0 Å². The molecule has 0 radical (unpaired) electrons. The van der Waals surface area contributed by atoms with Gasteiger partial charge in [-0.15, -0.1) is 11.3 Å². The molecule has 1 N–H and O–H groups in total. The van der Waals surface area contributed by atoms with E-state index in [9.17, 15) is 0 Å². The molecule has 3 nitrogen and oxygen atoms in total. The van der Waals surface area contributed by atoms with Crippen LogP contribution in [-0.4, -0.2) is 16.6 Å². The standard InChI is InChI=1S/C11H15N3S/c1-8-4-5-15-11(8)10(12-2)9-6-14(3)7-13-9/h4-7,10,12H,1-3H3. The van der Waals surface area contributed by atoms with E-state index in [4.69, 9.17) is 0 Å². The molecule has 15 heavy (non-hydrogen) atoms. The van der Waals surface area contributed by atoms with Gasteiger partial charge in [0.05, 0.1) is 18.1 Å². The summed E-state index contributed by atoms with van der Waals surface area (Å²) >= 11 is 1.77. The molecule has 0 aliphatic carbocycles. The minimum atomic E-state index is 0.214. The third-order valence-electron chi connectivity index (χ3n) is 2.47. The van der Waals surface area contributed by atoms with Crippen molar-refractivity contribution < 1.29 is 0 Å². The lowest BCUT2D eigenvalue weighted by Gasteiger charge is -2.13. The second-order valence-electron chi connectivity index (χ2n) is 3.65. The first-order valence-electron chi connectivity index (χ1n) is 4.91. The quantitative estimate of drug-likeness (QED) is 0.860. The van der Waals surface area contributed by atoms with Crippen LogP contribution in [0.15, 0.2) is 24.0 Å². The van der Waals surface area contributed by atoms with Crippen LogP contribution in [0.5, 0.6) is 0 Å². The smallest absolute Gasteiger partial charge is 0.0947 e. The zero-order chi connectivity index (χ0) is 10.8. The lowest BCUT2D eigenvalue weighted by Crippen LogP contribution is -2.17. The summed E-state index contributed by atoms with van der Waals surface area (Å²) in [7, 11) is 3.96. The first-order valence-corrected chi connectivity index (χ1v) is 5.79. The van der Waals surface area contributed by atoms with Crippen LogP contribution in [0.25, 0.3) is 0 Å². The Balaban J connectivity index is 2.36. The zero-order valence-corrected chi connectivity index (χ0v) is 10.0. The van der Waals surface area contributed by atoms with Crippen LogP contribution in [0.1, 0.15) is 22.2 Å². The number of rotatable bonds is 3. The Morgan fingerprint density at radius 1 is 1.53 bits per heavy atom. The number of aryl methyl sites for hydroxylation is 2. The summed E-state index contributed by atoms with van der Waals surface area (Å²) in [6.07, 6.45) is 3.89. The van der Waals surface area contributed by atoms with E-state index in [1.165, 1.54) is 10.4 Å². The van der Waals surface area contributed by atoms with Gasteiger partial charge in [-0.2, -0.15) is 0 Å². The molecule has 0 bridgehead atoms. The van der Waals surface area contributed by atoms with Gasteiger partial charge in [0.15, 0.2) is 0 Å². The molecule has 4 heteroatoms. The van der Waals surface area contributed by atoms with Crippen LogP contribution in [0.3, 0.4) is 0 Å². The number of thiophene rings is 1. The number of hydrogen-bond donors (Lipinski definition) is 1. The first-order chi connectivity index (χ1) is 7.22. The fraction of sp³-hybridized carbons (Fsp3) is 0.364. The molecule has 1 unspecified atom stereocenters. The third kappa shape index (κ3) is 1.96. The van der Waals surface area contributed by atoms with Gasteiger partial charge in [0, 0.05) is 18.1 Å². The topological polar surface area (TPSA) is 29.9 Å². The van der Waals surface area contributed by atoms with Crippen LogP contribution in [0.2, 0.25) is 0 Å². The van der Waals surface area contributed by atoms with E-state index in [0.29, 0.717) is 0 Å². The van der Waals surface area contributed by atoms with Gasteiger partial charge < -0.3 is 9.88 Å². The lowest BCUT2D eigenvalue weighted by atomic mass is 10.1. The molecule has 0 aliphatic rings. The average molecular weight is 221 g/mol. The zero-order valence-electron chi connectivity index (χ0n) is 9.19. The Kier molecular flexibility index (Phi) is 2.88. The Morgan fingerprint density at radius 2 is 2.33 bits per heavy atom. The summed E-state index contributed by atoms with van der Waals surface area (Å²) in [4.78, 5) is 5.73. The summed E-state index contributed by atoms with van der Waals surface area (Å²) in [6.45, 7) is 2.14. The van der Waals surface area contributed by atoms with Gasteiger partial charge in [-0.25, -0.2) is 4.98 Å². The molecule has 0 aliphatic heterocycles. The summed E-state index contributed by atoms with van der Waals surface area (Å²) in [5.41, 5.74) is 2.40. The van der Waals surface area contributed by atoms with Crippen LogP contribution >= 0.6 is 11.3 Å². The van der Waals surface area contributed by atoms with Crippen molar-refractivity contribution in [2.24, 2.45) is 7.05 Å². The number of imidazole rings is 1. The third-order valence-corrected chi connectivity index (χ3v) is 3.56. The number of aromatic nitrogens is 2. The van der Waals surface area contributed by atoms with E-state index in [1.54, 1.807) is 11.3 Å². The molecular weight excluding hydrogens is 206 g/mol. The van der Waals surface area contributed by atoms with E-state index in [-0.39, 0.29) is 6.04 Å².